The Morgan fingerprint density at radius 1 is 1.21 bits per heavy atom. The largest absolute Gasteiger partial charge is 0.497 e. The van der Waals surface area contributed by atoms with E-state index in [-0.39, 0.29) is 35.3 Å². The molecule has 7 heteroatoms. The number of likely N-dealkylation sites (N-methyl/N-ethyl adjacent to an activating group) is 2. The molecule has 0 saturated carbocycles. The number of halogens is 1. The molecule has 1 aromatic rings. The predicted octanol–water partition coefficient (Wildman–Crippen LogP) is 3.36. The van der Waals surface area contributed by atoms with Crippen LogP contribution in [0.5, 0.6) is 5.75 Å². The van der Waals surface area contributed by atoms with E-state index in [9.17, 15) is 4.79 Å². The van der Waals surface area contributed by atoms with Gasteiger partial charge in [-0.15, -0.1) is 24.0 Å². The Morgan fingerprint density at radius 3 is 2.39 bits per heavy atom. The van der Waals surface area contributed by atoms with Gasteiger partial charge in [0, 0.05) is 32.1 Å². The van der Waals surface area contributed by atoms with Crippen LogP contribution in [0.4, 0.5) is 0 Å². The van der Waals surface area contributed by atoms with Crippen LogP contribution in [0.1, 0.15) is 40.2 Å². The van der Waals surface area contributed by atoms with Crippen molar-refractivity contribution in [2.75, 3.05) is 46.9 Å². The van der Waals surface area contributed by atoms with E-state index in [1.54, 1.807) is 7.11 Å². The maximum absolute atomic E-state index is 12.4. The number of nitrogens with one attached hydrogen (secondary N) is 1. The van der Waals surface area contributed by atoms with E-state index in [1.165, 1.54) is 5.56 Å². The van der Waals surface area contributed by atoms with Gasteiger partial charge in [-0.2, -0.15) is 0 Å². The van der Waals surface area contributed by atoms with E-state index in [2.05, 4.69) is 31.3 Å². The molecule has 0 aromatic heterocycles. The van der Waals surface area contributed by atoms with Gasteiger partial charge in [-0.1, -0.05) is 26.0 Å². The number of ether oxygens (including phenoxy) is 1. The maximum Gasteiger partial charge on any atom is 0.242 e. The van der Waals surface area contributed by atoms with Crippen molar-refractivity contribution >= 4 is 35.8 Å². The first-order chi connectivity index (χ1) is 12.8. The van der Waals surface area contributed by atoms with E-state index in [0.717, 1.165) is 31.3 Å². The van der Waals surface area contributed by atoms with Crippen LogP contribution >= 0.6 is 24.0 Å². The third-order valence-electron chi connectivity index (χ3n) is 4.66. The molecule has 0 aliphatic carbocycles. The average molecular weight is 504 g/mol. The van der Waals surface area contributed by atoms with E-state index in [0.29, 0.717) is 13.1 Å². The van der Waals surface area contributed by atoms with E-state index in [1.807, 2.05) is 49.8 Å². The number of carbonyl (C=O) groups is 1. The number of methoxy groups -OCH3 is 1. The standard InChI is InChI=1S/C21H36N4O2.HI/c1-8-22-20(24(6)15-19(26)25(9-2)10-3)23-16-21(4,5)17-12-11-13-18(14-17)27-7;/h11-14H,8-10,15-16H2,1-7H3,(H,22,23);1H. The van der Waals surface area contributed by atoms with Crippen LogP contribution in [0.3, 0.4) is 0 Å². The molecule has 0 radical (unpaired) electrons. The van der Waals surface area contributed by atoms with Crippen molar-refractivity contribution in [3.8, 4) is 5.75 Å². The Morgan fingerprint density at radius 2 is 1.86 bits per heavy atom. The second-order valence-electron chi connectivity index (χ2n) is 7.21. The topological polar surface area (TPSA) is 57.2 Å². The Hall–Kier alpha value is -1.51. The monoisotopic (exact) mass is 504 g/mol. The summed E-state index contributed by atoms with van der Waals surface area (Å²) in [6.45, 7) is 13.5. The number of hydrogen-bond donors (Lipinski definition) is 1. The molecule has 6 nitrogen and oxygen atoms in total. The summed E-state index contributed by atoms with van der Waals surface area (Å²) in [7, 11) is 3.58. The zero-order chi connectivity index (χ0) is 20.4. The summed E-state index contributed by atoms with van der Waals surface area (Å²) >= 11 is 0. The van der Waals surface area contributed by atoms with Crippen molar-refractivity contribution in [1.29, 1.82) is 0 Å². The fourth-order valence-corrected chi connectivity index (χ4v) is 2.83. The lowest BCUT2D eigenvalue weighted by molar-refractivity contribution is -0.131. The molecule has 28 heavy (non-hydrogen) atoms. The van der Waals surface area contributed by atoms with Gasteiger partial charge in [0.15, 0.2) is 5.96 Å². The maximum atomic E-state index is 12.4. The second kappa shape index (κ2) is 12.9. The van der Waals surface area contributed by atoms with Crippen LogP contribution in [-0.2, 0) is 10.2 Å². The number of nitrogens with zero attached hydrogens (tertiary/aromatic N) is 3. The summed E-state index contributed by atoms with van der Waals surface area (Å²) in [5.74, 6) is 1.70. The highest BCUT2D eigenvalue weighted by atomic mass is 127. The molecule has 0 aliphatic rings. The van der Waals surface area contributed by atoms with Crippen molar-refractivity contribution in [2.45, 2.75) is 40.0 Å². The minimum absolute atomic E-state index is 0. The fraction of sp³-hybridized carbons (Fsp3) is 0.619. The molecule has 0 atom stereocenters. The van der Waals surface area contributed by atoms with Crippen molar-refractivity contribution in [1.82, 2.24) is 15.1 Å². The summed E-state index contributed by atoms with van der Waals surface area (Å²) in [5.41, 5.74) is 1.02. The predicted molar refractivity (Wildman–Crippen MR) is 128 cm³/mol. The number of guanidine groups is 1. The molecule has 160 valence electrons. The molecule has 1 N–H and O–H groups in total. The quantitative estimate of drug-likeness (QED) is 0.319. The van der Waals surface area contributed by atoms with Gasteiger partial charge in [0.25, 0.3) is 0 Å². The molecular formula is C21H37IN4O2. The van der Waals surface area contributed by atoms with Gasteiger partial charge in [0.1, 0.15) is 5.75 Å². The number of aliphatic imine (C=N–C) groups is 1. The van der Waals surface area contributed by atoms with Crippen molar-refractivity contribution in [3.05, 3.63) is 29.8 Å². The second-order valence-corrected chi connectivity index (χ2v) is 7.21. The molecule has 0 spiro atoms. The zero-order valence-corrected chi connectivity index (χ0v) is 20.7. The van der Waals surface area contributed by atoms with Gasteiger partial charge in [-0.3, -0.25) is 9.79 Å². The SMILES string of the molecule is CCNC(=NCC(C)(C)c1cccc(OC)c1)N(C)CC(=O)N(CC)CC.I. The van der Waals surface area contributed by atoms with Gasteiger partial charge in [-0.05, 0) is 38.5 Å². The molecule has 0 heterocycles. The normalized spacial score (nSPS) is 11.5. The van der Waals surface area contributed by atoms with E-state index < -0.39 is 0 Å². The smallest absolute Gasteiger partial charge is 0.242 e. The van der Waals surface area contributed by atoms with Gasteiger partial charge in [-0.25, -0.2) is 0 Å². The lowest BCUT2D eigenvalue weighted by atomic mass is 9.84. The Bertz CT molecular complexity index is 631. The fourth-order valence-electron chi connectivity index (χ4n) is 2.83. The Labute approximate surface area is 187 Å². The van der Waals surface area contributed by atoms with Gasteiger partial charge >= 0.3 is 0 Å². The molecular weight excluding hydrogens is 467 g/mol. The highest BCUT2D eigenvalue weighted by Crippen LogP contribution is 2.26. The minimum atomic E-state index is -0.154. The van der Waals surface area contributed by atoms with Crippen molar-refractivity contribution in [2.24, 2.45) is 4.99 Å². The molecule has 0 bridgehead atoms. The molecule has 0 unspecified atom stereocenters. The number of benzene rings is 1. The summed E-state index contributed by atoms with van der Waals surface area (Å²) < 4.78 is 5.34. The number of rotatable bonds is 9. The van der Waals surface area contributed by atoms with Crippen LogP contribution in [0.15, 0.2) is 29.3 Å². The van der Waals surface area contributed by atoms with Gasteiger partial charge in [0.05, 0.1) is 20.2 Å². The van der Waals surface area contributed by atoms with Gasteiger partial charge < -0.3 is 19.9 Å². The van der Waals surface area contributed by atoms with E-state index in [4.69, 9.17) is 9.73 Å². The first-order valence-electron chi connectivity index (χ1n) is 9.70. The summed E-state index contributed by atoms with van der Waals surface area (Å²) in [6.07, 6.45) is 0. The lowest BCUT2D eigenvalue weighted by Crippen LogP contribution is -2.46. The average Bonchev–Trinajstić information content (AvgIpc) is 2.66. The highest BCUT2D eigenvalue weighted by Gasteiger charge is 2.22. The van der Waals surface area contributed by atoms with Crippen molar-refractivity contribution in [3.63, 3.8) is 0 Å². The van der Waals surface area contributed by atoms with Crippen LogP contribution in [0, 0.1) is 0 Å². The highest BCUT2D eigenvalue weighted by molar-refractivity contribution is 14.0. The molecule has 1 aromatic carbocycles. The number of carbonyl (C=O) groups excluding carboxylic acids is 1. The minimum Gasteiger partial charge on any atom is -0.497 e. The zero-order valence-electron chi connectivity index (χ0n) is 18.4. The molecule has 0 fully saturated rings. The summed E-state index contributed by atoms with van der Waals surface area (Å²) in [5, 5.41) is 3.29. The third kappa shape index (κ3) is 7.85. The first-order valence-corrected chi connectivity index (χ1v) is 9.70. The molecule has 0 saturated heterocycles. The van der Waals surface area contributed by atoms with Crippen LogP contribution < -0.4 is 10.1 Å². The van der Waals surface area contributed by atoms with Crippen LogP contribution in [-0.4, -0.2) is 68.5 Å². The molecule has 1 rings (SSSR count). The van der Waals surface area contributed by atoms with Gasteiger partial charge in [0.2, 0.25) is 5.91 Å². The summed E-state index contributed by atoms with van der Waals surface area (Å²) in [6, 6.07) is 8.09. The van der Waals surface area contributed by atoms with Crippen LogP contribution in [0.2, 0.25) is 0 Å². The van der Waals surface area contributed by atoms with Crippen molar-refractivity contribution < 1.29 is 9.53 Å². The number of hydrogen-bond acceptors (Lipinski definition) is 3. The molecule has 1 amide bonds. The Kier molecular flexibility index (Phi) is 12.2. The number of amides is 1. The third-order valence-corrected chi connectivity index (χ3v) is 4.66. The Balaban J connectivity index is 0.00000729. The summed E-state index contributed by atoms with van der Waals surface area (Å²) in [4.78, 5) is 20.9. The molecule has 0 aliphatic heterocycles. The van der Waals surface area contributed by atoms with E-state index >= 15 is 0 Å². The first kappa shape index (κ1) is 26.5. The van der Waals surface area contributed by atoms with Crippen LogP contribution in [0.25, 0.3) is 0 Å². The lowest BCUT2D eigenvalue weighted by Gasteiger charge is -2.28.